The van der Waals surface area contributed by atoms with Crippen molar-refractivity contribution >= 4 is 9.84 Å². The topological polar surface area (TPSA) is 72.2 Å². The Morgan fingerprint density at radius 3 is 2.35 bits per heavy atom. The highest BCUT2D eigenvalue weighted by molar-refractivity contribution is 7.92. The van der Waals surface area contributed by atoms with Crippen molar-refractivity contribution in [2.75, 3.05) is 0 Å². The zero-order valence-electron chi connectivity index (χ0n) is 12.0. The summed E-state index contributed by atoms with van der Waals surface area (Å²) in [5.41, 5.74) is 1.32. The van der Waals surface area contributed by atoms with E-state index in [-0.39, 0.29) is 10.6 Å². The fourth-order valence-corrected chi connectivity index (χ4v) is 3.19. The average Bonchev–Trinajstić information content (AvgIpc) is 2.66. The first-order valence-electron chi connectivity index (χ1n) is 6.32. The third-order valence-corrected chi connectivity index (χ3v) is 5.58. The number of aromatic nitrogens is 2. The lowest BCUT2D eigenvalue weighted by atomic mass is 10.1. The van der Waals surface area contributed by atoms with Gasteiger partial charge in [0.05, 0.1) is 15.8 Å². The van der Waals surface area contributed by atoms with Crippen LogP contribution in [0.1, 0.15) is 19.5 Å². The minimum Gasteiger partial charge on any atom is -0.504 e. The standard InChI is InChI=1S/C14H18N2O3S/c1-9(2)20(18,19)12-8-6-5-7-11(12)13-14(17)10(3)16(4)15-13/h5-9,17H,1-4H3. The van der Waals surface area contributed by atoms with Gasteiger partial charge in [0.15, 0.2) is 15.6 Å². The van der Waals surface area contributed by atoms with Crippen LogP contribution in [0.15, 0.2) is 29.2 Å². The monoisotopic (exact) mass is 294 g/mol. The molecule has 0 bridgehead atoms. The minimum absolute atomic E-state index is 0.0129. The summed E-state index contributed by atoms with van der Waals surface area (Å²) in [4.78, 5) is 0.198. The van der Waals surface area contributed by atoms with Gasteiger partial charge in [0.2, 0.25) is 0 Å². The molecule has 1 N–H and O–H groups in total. The molecule has 0 fully saturated rings. The summed E-state index contributed by atoms with van der Waals surface area (Å²) >= 11 is 0. The molecule has 0 aliphatic rings. The molecule has 20 heavy (non-hydrogen) atoms. The van der Waals surface area contributed by atoms with Crippen molar-refractivity contribution in [2.24, 2.45) is 7.05 Å². The Bertz CT molecular complexity index is 746. The third kappa shape index (κ3) is 2.20. The van der Waals surface area contributed by atoms with Crippen LogP contribution in [0.5, 0.6) is 5.75 Å². The van der Waals surface area contributed by atoms with Gasteiger partial charge in [0, 0.05) is 12.6 Å². The van der Waals surface area contributed by atoms with Gasteiger partial charge in [0.25, 0.3) is 0 Å². The van der Waals surface area contributed by atoms with Crippen molar-refractivity contribution in [3.63, 3.8) is 0 Å². The van der Waals surface area contributed by atoms with Crippen LogP contribution in [-0.2, 0) is 16.9 Å². The van der Waals surface area contributed by atoms with E-state index in [1.807, 2.05) is 0 Å². The molecule has 2 rings (SSSR count). The van der Waals surface area contributed by atoms with E-state index in [4.69, 9.17) is 0 Å². The lowest BCUT2D eigenvalue weighted by molar-refractivity contribution is 0.471. The molecule has 0 atom stereocenters. The Morgan fingerprint density at radius 2 is 1.85 bits per heavy atom. The number of benzene rings is 1. The van der Waals surface area contributed by atoms with Crippen molar-refractivity contribution < 1.29 is 13.5 Å². The first kappa shape index (κ1) is 14.6. The normalized spacial score (nSPS) is 12.1. The van der Waals surface area contributed by atoms with Gasteiger partial charge in [0.1, 0.15) is 5.69 Å². The summed E-state index contributed by atoms with van der Waals surface area (Å²) in [6, 6.07) is 6.62. The molecule has 2 aromatic rings. The van der Waals surface area contributed by atoms with E-state index in [1.165, 1.54) is 4.68 Å². The van der Waals surface area contributed by atoms with Crippen molar-refractivity contribution in [3.05, 3.63) is 30.0 Å². The van der Waals surface area contributed by atoms with Gasteiger partial charge in [-0.1, -0.05) is 18.2 Å². The highest BCUT2D eigenvalue weighted by atomic mass is 32.2. The van der Waals surface area contributed by atoms with Gasteiger partial charge in [-0.3, -0.25) is 4.68 Å². The molecule has 0 unspecified atom stereocenters. The highest BCUT2D eigenvalue weighted by Gasteiger charge is 2.26. The Balaban J connectivity index is 2.74. The first-order chi connectivity index (χ1) is 9.26. The molecule has 1 aromatic heterocycles. The van der Waals surface area contributed by atoms with Crippen molar-refractivity contribution in [2.45, 2.75) is 30.9 Å². The van der Waals surface area contributed by atoms with E-state index in [2.05, 4.69) is 5.10 Å². The minimum atomic E-state index is -3.44. The molecular formula is C14H18N2O3S. The lowest BCUT2D eigenvalue weighted by Crippen LogP contribution is -2.15. The maximum Gasteiger partial charge on any atom is 0.181 e. The second-order valence-corrected chi connectivity index (χ2v) is 7.47. The average molecular weight is 294 g/mol. The van der Waals surface area contributed by atoms with Crippen molar-refractivity contribution in [1.82, 2.24) is 9.78 Å². The largest absolute Gasteiger partial charge is 0.504 e. The Labute approximate surface area is 118 Å². The lowest BCUT2D eigenvalue weighted by Gasteiger charge is -2.11. The van der Waals surface area contributed by atoms with Gasteiger partial charge in [-0.15, -0.1) is 0 Å². The maximum absolute atomic E-state index is 12.4. The molecule has 0 spiro atoms. The van der Waals surface area contributed by atoms with Crippen LogP contribution in [-0.4, -0.2) is 28.6 Å². The summed E-state index contributed by atoms with van der Waals surface area (Å²) in [7, 11) is -1.73. The highest BCUT2D eigenvalue weighted by Crippen LogP contribution is 2.35. The molecule has 0 radical (unpaired) electrons. The molecule has 0 aliphatic carbocycles. The number of sulfone groups is 1. The zero-order chi connectivity index (χ0) is 15.1. The quantitative estimate of drug-likeness (QED) is 0.942. The van der Waals surface area contributed by atoms with Crippen LogP contribution in [0.3, 0.4) is 0 Å². The van der Waals surface area contributed by atoms with Gasteiger partial charge >= 0.3 is 0 Å². The number of rotatable bonds is 3. The molecule has 0 saturated heterocycles. The van der Waals surface area contributed by atoms with Gasteiger partial charge in [-0.25, -0.2) is 8.42 Å². The number of hydrogen-bond donors (Lipinski definition) is 1. The molecule has 108 valence electrons. The summed E-state index contributed by atoms with van der Waals surface area (Å²) in [5, 5.41) is 13.8. The van der Waals surface area contributed by atoms with E-state index >= 15 is 0 Å². The second-order valence-electron chi connectivity index (χ2n) is 5.00. The van der Waals surface area contributed by atoms with Crippen LogP contribution >= 0.6 is 0 Å². The van der Waals surface area contributed by atoms with Crippen LogP contribution < -0.4 is 0 Å². The predicted molar refractivity (Wildman–Crippen MR) is 77.4 cm³/mol. The Kier molecular flexibility index (Phi) is 3.60. The number of aryl methyl sites for hydroxylation is 1. The molecule has 1 heterocycles. The third-order valence-electron chi connectivity index (χ3n) is 3.37. The zero-order valence-corrected chi connectivity index (χ0v) is 12.8. The fraction of sp³-hybridized carbons (Fsp3) is 0.357. The van der Waals surface area contributed by atoms with Crippen molar-refractivity contribution in [1.29, 1.82) is 0 Å². The summed E-state index contributed by atoms with van der Waals surface area (Å²) in [6.45, 7) is 5.00. The van der Waals surface area contributed by atoms with E-state index in [0.29, 0.717) is 17.0 Å². The van der Waals surface area contributed by atoms with Crippen LogP contribution in [0, 0.1) is 6.92 Å². The van der Waals surface area contributed by atoms with E-state index in [9.17, 15) is 13.5 Å². The maximum atomic E-state index is 12.4. The van der Waals surface area contributed by atoms with Gasteiger partial charge in [-0.2, -0.15) is 5.10 Å². The smallest absolute Gasteiger partial charge is 0.181 e. The molecular weight excluding hydrogens is 276 g/mol. The molecule has 0 saturated carbocycles. The molecule has 5 nitrogen and oxygen atoms in total. The number of hydrogen-bond acceptors (Lipinski definition) is 4. The molecule has 0 amide bonds. The summed E-state index contributed by atoms with van der Waals surface area (Å²) in [6.07, 6.45) is 0. The summed E-state index contributed by atoms with van der Waals surface area (Å²) in [5.74, 6) is 0.0129. The Morgan fingerprint density at radius 1 is 1.25 bits per heavy atom. The van der Waals surface area contributed by atoms with Crippen LogP contribution in [0.4, 0.5) is 0 Å². The van der Waals surface area contributed by atoms with Gasteiger partial charge < -0.3 is 5.11 Å². The van der Waals surface area contributed by atoms with Crippen molar-refractivity contribution in [3.8, 4) is 17.0 Å². The second kappa shape index (κ2) is 4.94. The van der Waals surface area contributed by atoms with E-state index < -0.39 is 15.1 Å². The SMILES string of the molecule is Cc1c(O)c(-c2ccccc2S(=O)(=O)C(C)C)nn1C. The predicted octanol–water partition coefficient (Wildman–Crippen LogP) is 2.28. The van der Waals surface area contributed by atoms with E-state index in [1.54, 1.807) is 52.1 Å². The van der Waals surface area contributed by atoms with E-state index in [0.717, 1.165) is 0 Å². The first-order valence-corrected chi connectivity index (χ1v) is 7.87. The fourth-order valence-electron chi connectivity index (χ4n) is 1.94. The van der Waals surface area contributed by atoms with Crippen LogP contribution in [0.2, 0.25) is 0 Å². The number of nitrogens with zero attached hydrogens (tertiary/aromatic N) is 2. The Hall–Kier alpha value is -1.82. The molecule has 0 aliphatic heterocycles. The van der Waals surface area contributed by atoms with Crippen LogP contribution in [0.25, 0.3) is 11.3 Å². The number of aromatic hydroxyl groups is 1. The summed E-state index contributed by atoms with van der Waals surface area (Å²) < 4.78 is 26.4. The van der Waals surface area contributed by atoms with Gasteiger partial charge in [-0.05, 0) is 26.8 Å². The molecule has 1 aromatic carbocycles. The molecule has 6 heteroatoms.